The van der Waals surface area contributed by atoms with Crippen molar-refractivity contribution in [2.45, 2.75) is 59.0 Å². The molecule has 1 heterocycles. The Bertz CT molecular complexity index is 695. The van der Waals surface area contributed by atoms with Crippen molar-refractivity contribution in [3.8, 4) is 23.1 Å². The van der Waals surface area contributed by atoms with Crippen LogP contribution in [0.25, 0.3) is 11.4 Å². The lowest BCUT2D eigenvalue weighted by Crippen LogP contribution is -2.14. The molecule has 0 unspecified atom stereocenters. The summed E-state index contributed by atoms with van der Waals surface area (Å²) in [5.74, 6) is 1.11. The van der Waals surface area contributed by atoms with Crippen LogP contribution in [0.4, 0.5) is 0 Å². The molecule has 1 aromatic heterocycles. The highest BCUT2D eigenvalue weighted by atomic mass is 16.5. The summed E-state index contributed by atoms with van der Waals surface area (Å²) in [4.78, 5) is 17.0. The van der Waals surface area contributed by atoms with E-state index in [4.69, 9.17) is 9.47 Å². The lowest BCUT2D eigenvalue weighted by molar-refractivity contribution is 0.0881. The number of carbonyl (C=O) groups is 1. The fraction of sp³-hybridized carbons (Fsp3) is 0.526. The van der Waals surface area contributed by atoms with Crippen LogP contribution < -0.4 is 9.47 Å². The van der Waals surface area contributed by atoms with E-state index in [2.05, 4.69) is 17.0 Å². The van der Waals surface area contributed by atoms with Crippen LogP contribution in [0.15, 0.2) is 24.3 Å². The molecule has 2 rings (SSSR count). The van der Waals surface area contributed by atoms with Crippen LogP contribution in [0.3, 0.4) is 0 Å². The first-order valence-electron chi connectivity index (χ1n) is 8.86. The number of hydrogen-bond donors (Lipinski definition) is 0. The topological polar surface area (TPSA) is 66.2 Å². The van der Waals surface area contributed by atoms with Crippen LogP contribution >= 0.6 is 0 Å². The highest BCUT2D eigenvalue weighted by Crippen LogP contribution is 2.25. The zero-order chi connectivity index (χ0) is 18.2. The predicted molar refractivity (Wildman–Crippen MR) is 97.2 cm³/mol. The van der Waals surface area contributed by atoms with Crippen LogP contribution in [0.5, 0.6) is 11.8 Å². The number of hydrogen-bond acceptors (Lipinski definition) is 5. The highest BCUT2D eigenvalue weighted by Gasteiger charge is 2.19. The van der Waals surface area contributed by atoms with Crippen molar-refractivity contribution in [1.29, 1.82) is 0 Å². The van der Waals surface area contributed by atoms with Crippen molar-refractivity contribution < 1.29 is 14.3 Å². The van der Waals surface area contributed by atoms with Gasteiger partial charge >= 0.3 is 6.01 Å². The SMILES string of the molecule is CCCCCCC(=O)n1nc(OC(C)C)nc1-c1cccc(OC)c1. The third-order valence-electron chi connectivity index (χ3n) is 3.74. The molecular weight excluding hydrogens is 318 g/mol. The first kappa shape index (κ1) is 19.0. The predicted octanol–water partition coefficient (Wildman–Crippen LogP) is 4.35. The van der Waals surface area contributed by atoms with Gasteiger partial charge in [-0.05, 0) is 32.4 Å². The molecule has 136 valence electrons. The molecule has 0 spiro atoms. The third kappa shape index (κ3) is 5.31. The van der Waals surface area contributed by atoms with Crippen molar-refractivity contribution in [2.75, 3.05) is 7.11 Å². The second kappa shape index (κ2) is 9.20. The fourth-order valence-corrected chi connectivity index (χ4v) is 2.49. The van der Waals surface area contributed by atoms with Gasteiger partial charge in [-0.3, -0.25) is 4.79 Å². The van der Waals surface area contributed by atoms with Gasteiger partial charge < -0.3 is 9.47 Å². The summed E-state index contributed by atoms with van der Waals surface area (Å²) in [5.41, 5.74) is 0.771. The number of unbranched alkanes of at least 4 members (excludes halogenated alkanes) is 3. The van der Waals surface area contributed by atoms with E-state index in [9.17, 15) is 4.79 Å². The smallest absolute Gasteiger partial charge is 0.336 e. The largest absolute Gasteiger partial charge is 0.497 e. The van der Waals surface area contributed by atoms with E-state index < -0.39 is 0 Å². The van der Waals surface area contributed by atoms with Gasteiger partial charge in [-0.2, -0.15) is 9.67 Å². The standard InChI is InChI=1S/C19H27N3O3/c1-5-6-7-8-12-17(23)22-18(20-19(21-22)25-14(2)3)15-10-9-11-16(13-15)24-4/h9-11,13-14H,5-8,12H2,1-4H3. The van der Waals surface area contributed by atoms with Crippen LogP contribution in [0, 0.1) is 0 Å². The monoisotopic (exact) mass is 345 g/mol. The molecule has 0 amide bonds. The van der Waals surface area contributed by atoms with E-state index >= 15 is 0 Å². The van der Waals surface area contributed by atoms with E-state index in [0.717, 1.165) is 31.2 Å². The average molecular weight is 345 g/mol. The number of nitrogens with zero attached hydrogens (tertiary/aromatic N) is 3. The molecule has 0 aliphatic carbocycles. The van der Waals surface area contributed by atoms with Crippen molar-refractivity contribution in [2.24, 2.45) is 0 Å². The summed E-state index contributed by atoms with van der Waals surface area (Å²) in [6.45, 7) is 5.95. The lowest BCUT2D eigenvalue weighted by Gasteiger charge is -2.06. The number of ether oxygens (including phenoxy) is 2. The Kier molecular flexibility index (Phi) is 6.98. The summed E-state index contributed by atoms with van der Waals surface area (Å²) in [6.07, 6.45) is 4.55. The molecule has 0 bridgehead atoms. The minimum absolute atomic E-state index is 0.0614. The zero-order valence-corrected chi connectivity index (χ0v) is 15.5. The number of rotatable bonds is 9. The van der Waals surface area contributed by atoms with Gasteiger partial charge in [0.25, 0.3) is 0 Å². The Morgan fingerprint density at radius 1 is 1.24 bits per heavy atom. The Labute approximate surface area is 149 Å². The van der Waals surface area contributed by atoms with Crippen molar-refractivity contribution >= 4 is 5.91 Å². The summed E-state index contributed by atoms with van der Waals surface area (Å²) in [7, 11) is 1.61. The molecule has 1 aromatic carbocycles. The van der Waals surface area contributed by atoms with Crippen LogP contribution in [0.1, 0.15) is 57.7 Å². The van der Waals surface area contributed by atoms with E-state index in [1.807, 2.05) is 38.1 Å². The maximum Gasteiger partial charge on any atom is 0.336 e. The second-order valence-corrected chi connectivity index (χ2v) is 6.23. The second-order valence-electron chi connectivity index (χ2n) is 6.23. The molecule has 2 aromatic rings. The molecule has 25 heavy (non-hydrogen) atoms. The van der Waals surface area contributed by atoms with Crippen LogP contribution in [0.2, 0.25) is 0 Å². The van der Waals surface area contributed by atoms with E-state index in [-0.39, 0.29) is 18.0 Å². The minimum atomic E-state index is -0.0694. The summed E-state index contributed by atoms with van der Waals surface area (Å²) in [6, 6.07) is 7.65. The van der Waals surface area contributed by atoms with Crippen molar-refractivity contribution in [3.63, 3.8) is 0 Å². The van der Waals surface area contributed by atoms with E-state index in [0.29, 0.717) is 18.0 Å². The number of aromatic nitrogens is 3. The number of carbonyl (C=O) groups excluding carboxylic acids is 1. The van der Waals surface area contributed by atoms with Crippen molar-refractivity contribution in [3.05, 3.63) is 24.3 Å². The third-order valence-corrected chi connectivity index (χ3v) is 3.74. The summed E-state index contributed by atoms with van der Waals surface area (Å²) in [5, 5.41) is 4.27. The Balaban J connectivity index is 2.29. The van der Waals surface area contributed by atoms with Gasteiger partial charge in [-0.25, -0.2) is 0 Å². The van der Waals surface area contributed by atoms with Crippen LogP contribution in [-0.4, -0.2) is 33.9 Å². The van der Waals surface area contributed by atoms with E-state index in [1.165, 1.54) is 4.68 Å². The van der Waals surface area contributed by atoms with Gasteiger partial charge in [0.05, 0.1) is 13.2 Å². The first-order chi connectivity index (χ1) is 12.0. The van der Waals surface area contributed by atoms with Gasteiger partial charge in [0.1, 0.15) is 5.75 Å². The maximum absolute atomic E-state index is 12.6. The molecule has 0 saturated carbocycles. The molecule has 0 saturated heterocycles. The maximum atomic E-state index is 12.6. The van der Waals surface area contributed by atoms with Crippen molar-refractivity contribution in [1.82, 2.24) is 14.8 Å². The normalized spacial score (nSPS) is 10.9. The molecule has 0 aliphatic rings. The molecule has 0 N–H and O–H groups in total. The van der Waals surface area contributed by atoms with Gasteiger partial charge in [0.2, 0.25) is 5.91 Å². The average Bonchev–Trinajstić information content (AvgIpc) is 3.01. The molecule has 0 fully saturated rings. The van der Waals surface area contributed by atoms with Gasteiger partial charge in [-0.15, -0.1) is 5.10 Å². The Morgan fingerprint density at radius 2 is 2.04 bits per heavy atom. The summed E-state index contributed by atoms with van der Waals surface area (Å²) < 4.78 is 12.2. The number of benzene rings is 1. The fourth-order valence-electron chi connectivity index (χ4n) is 2.49. The van der Waals surface area contributed by atoms with Crippen LogP contribution in [-0.2, 0) is 0 Å². The molecule has 6 nitrogen and oxygen atoms in total. The molecular formula is C19H27N3O3. The minimum Gasteiger partial charge on any atom is -0.497 e. The molecule has 0 radical (unpaired) electrons. The Morgan fingerprint density at radius 3 is 2.72 bits per heavy atom. The Hall–Kier alpha value is -2.37. The van der Waals surface area contributed by atoms with Gasteiger partial charge in [0.15, 0.2) is 5.82 Å². The van der Waals surface area contributed by atoms with Gasteiger partial charge in [0, 0.05) is 12.0 Å². The molecule has 6 heteroatoms. The number of methoxy groups -OCH3 is 1. The molecule has 0 aliphatic heterocycles. The molecule has 0 atom stereocenters. The first-order valence-corrected chi connectivity index (χ1v) is 8.86. The highest BCUT2D eigenvalue weighted by molar-refractivity contribution is 5.82. The quantitative estimate of drug-likeness (QED) is 0.632. The summed E-state index contributed by atoms with van der Waals surface area (Å²) >= 11 is 0. The lowest BCUT2D eigenvalue weighted by atomic mass is 10.1. The van der Waals surface area contributed by atoms with E-state index in [1.54, 1.807) is 7.11 Å². The van der Waals surface area contributed by atoms with Gasteiger partial charge in [-0.1, -0.05) is 38.3 Å². The zero-order valence-electron chi connectivity index (χ0n) is 15.5.